The summed E-state index contributed by atoms with van der Waals surface area (Å²) in [4.78, 5) is 10.6. The van der Waals surface area contributed by atoms with Crippen LogP contribution in [0.5, 0.6) is 0 Å². The highest BCUT2D eigenvalue weighted by molar-refractivity contribution is 7.92. The Bertz CT molecular complexity index is 746. The van der Waals surface area contributed by atoms with Gasteiger partial charge in [-0.15, -0.1) is 6.58 Å². The molecule has 1 aromatic rings. The number of aliphatic hydroxyl groups excluding tert-OH is 1. The minimum atomic E-state index is -3.52. The van der Waals surface area contributed by atoms with E-state index in [2.05, 4.69) is 16.5 Å². The van der Waals surface area contributed by atoms with Crippen LogP contribution in [0.3, 0.4) is 0 Å². The molecular formula is C16H22ClN3O4S. The van der Waals surface area contributed by atoms with E-state index in [1.165, 1.54) is 6.08 Å². The molecular weight excluding hydrogens is 366 g/mol. The van der Waals surface area contributed by atoms with Crippen molar-refractivity contribution in [2.45, 2.75) is 23.5 Å². The molecule has 2 fully saturated rings. The lowest BCUT2D eigenvalue weighted by Gasteiger charge is -2.29. The van der Waals surface area contributed by atoms with Gasteiger partial charge in [-0.2, -0.15) is 0 Å². The summed E-state index contributed by atoms with van der Waals surface area (Å²) in [6.45, 7) is 5.64. The van der Waals surface area contributed by atoms with Crippen LogP contribution in [0.4, 0.5) is 5.82 Å². The highest BCUT2D eigenvalue weighted by atomic mass is 35.5. The van der Waals surface area contributed by atoms with Gasteiger partial charge in [-0.05, 0) is 24.4 Å². The third-order valence-electron chi connectivity index (χ3n) is 4.89. The number of nitrogens with zero attached hydrogens (tertiary/aromatic N) is 3. The summed E-state index contributed by atoms with van der Waals surface area (Å²) in [6, 6.07) is 1.80. The van der Waals surface area contributed by atoms with Crippen molar-refractivity contribution in [3.8, 4) is 0 Å². The maximum atomic E-state index is 12.6. The molecule has 138 valence electrons. The van der Waals surface area contributed by atoms with Crippen LogP contribution in [0.1, 0.15) is 18.5 Å². The Morgan fingerprint density at radius 1 is 1.40 bits per heavy atom. The molecule has 1 N–H and O–H groups in total. The van der Waals surface area contributed by atoms with E-state index in [4.69, 9.17) is 16.3 Å². The summed E-state index contributed by atoms with van der Waals surface area (Å²) in [5.41, 5.74) is -0.120. The summed E-state index contributed by atoms with van der Waals surface area (Å²) in [5, 5.41) is 8.97. The molecule has 9 heteroatoms. The van der Waals surface area contributed by atoms with Gasteiger partial charge >= 0.3 is 0 Å². The van der Waals surface area contributed by atoms with E-state index in [0.717, 1.165) is 0 Å². The van der Waals surface area contributed by atoms with Crippen molar-refractivity contribution in [1.29, 1.82) is 0 Å². The first-order valence-corrected chi connectivity index (χ1v) is 10.3. The van der Waals surface area contributed by atoms with Gasteiger partial charge in [-0.3, -0.25) is 0 Å². The Labute approximate surface area is 152 Å². The summed E-state index contributed by atoms with van der Waals surface area (Å²) >= 11 is 6.12. The first kappa shape index (κ1) is 18.6. The summed E-state index contributed by atoms with van der Waals surface area (Å²) in [7, 11) is -3.52. The number of ether oxygens (including phenoxy) is 1. The Hall–Kier alpha value is -1.22. The highest BCUT2D eigenvalue weighted by Gasteiger charge is 2.56. The molecule has 1 unspecified atom stereocenters. The molecule has 25 heavy (non-hydrogen) atoms. The van der Waals surface area contributed by atoms with Crippen molar-refractivity contribution in [3.05, 3.63) is 29.7 Å². The van der Waals surface area contributed by atoms with E-state index in [9.17, 15) is 13.5 Å². The molecule has 0 radical (unpaired) electrons. The number of halogens is 1. The van der Waals surface area contributed by atoms with Crippen molar-refractivity contribution in [2.75, 3.05) is 43.6 Å². The second-order valence-corrected chi connectivity index (χ2v) is 8.99. The molecule has 0 amide bonds. The third-order valence-corrected chi connectivity index (χ3v) is 7.22. The van der Waals surface area contributed by atoms with Crippen LogP contribution >= 0.6 is 11.6 Å². The first-order valence-electron chi connectivity index (χ1n) is 8.24. The maximum Gasteiger partial charge on any atom is 0.224 e. The monoisotopic (exact) mass is 387 g/mol. The summed E-state index contributed by atoms with van der Waals surface area (Å²) < 4.78 is 30.5. The van der Waals surface area contributed by atoms with Crippen molar-refractivity contribution < 1.29 is 18.3 Å². The van der Waals surface area contributed by atoms with Gasteiger partial charge in [0.1, 0.15) is 5.82 Å². The molecule has 1 aromatic heterocycles. The Morgan fingerprint density at radius 2 is 2.08 bits per heavy atom. The van der Waals surface area contributed by atoms with Gasteiger partial charge in [-0.1, -0.05) is 6.08 Å². The number of morpholine rings is 1. The lowest BCUT2D eigenvalue weighted by atomic mass is 9.97. The van der Waals surface area contributed by atoms with Gasteiger partial charge in [0.2, 0.25) is 5.28 Å². The van der Waals surface area contributed by atoms with Crippen LogP contribution in [0, 0.1) is 0 Å². The standard InChI is InChI=1S/C16H22ClN3O4S/c1-2-9-25(22,23)13(11-21)16(3-4-16)12-10-14(19-15(17)18-12)20-5-7-24-8-6-20/h2,10,13,21H,1,3-9,11H2. The molecule has 1 saturated carbocycles. The molecule has 1 aliphatic heterocycles. The topological polar surface area (TPSA) is 92.6 Å². The predicted molar refractivity (Wildman–Crippen MR) is 95.8 cm³/mol. The molecule has 0 bridgehead atoms. The minimum Gasteiger partial charge on any atom is -0.395 e. The van der Waals surface area contributed by atoms with Crippen LogP contribution < -0.4 is 4.90 Å². The molecule has 1 aliphatic carbocycles. The van der Waals surface area contributed by atoms with Crippen LogP contribution in [-0.4, -0.2) is 67.4 Å². The van der Waals surface area contributed by atoms with E-state index in [1.807, 2.05) is 4.90 Å². The largest absolute Gasteiger partial charge is 0.395 e. The fourth-order valence-electron chi connectivity index (χ4n) is 3.41. The van der Waals surface area contributed by atoms with Gasteiger partial charge in [0.05, 0.1) is 36.5 Å². The fraction of sp³-hybridized carbons (Fsp3) is 0.625. The van der Waals surface area contributed by atoms with Gasteiger partial charge in [0.25, 0.3) is 0 Å². The fourth-order valence-corrected chi connectivity index (χ4v) is 5.41. The van der Waals surface area contributed by atoms with Gasteiger partial charge in [0.15, 0.2) is 9.84 Å². The smallest absolute Gasteiger partial charge is 0.224 e. The van der Waals surface area contributed by atoms with E-state index < -0.39 is 27.1 Å². The minimum absolute atomic E-state index is 0.0862. The molecule has 0 spiro atoms. The van der Waals surface area contributed by atoms with Crippen LogP contribution in [0.15, 0.2) is 18.7 Å². The van der Waals surface area contributed by atoms with Crippen LogP contribution in [-0.2, 0) is 20.0 Å². The molecule has 1 atom stereocenters. The predicted octanol–water partition coefficient (Wildman–Crippen LogP) is 0.960. The second-order valence-electron chi connectivity index (χ2n) is 6.43. The average molecular weight is 388 g/mol. The molecule has 1 saturated heterocycles. The van der Waals surface area contributed by atoms with Gasteiger partial charge < -0.3 is 14.7 Å². The van der Waals surface area contributed by atoms with Crippen molar-refractivity contribution in [1.82, 2.24) is 9.97 Å². The first-order chi connectivity index (χ1) is 11.9. The van der Waals surface area contributed by atoms with Crippen molar-refractivity contribution in [2.24, 2.45) is 0 Å². The lowest BCUT2D eigenvalue weighted by Crippen LogP contribution is -2.40. The molecule has 2 aliphatic rings. The highest BCUT2D eigenvalue weighted by Crippen LogP contribution is 2.53. The van der Waals surface area contributed by atoms with E-state index in [1.54, 1.807) is 6.07 Å². The molecule has 3 rings (SSSR count). The summed E-state index contributed by atoms with van der Waals surface area (Å²) in [5.74, 6) is 0.497. The maximum absolute atomic E-state index is 12.6. The Balaban J connectivity index is 1.97. The number of hydrogen-bond donors (Lipinski definition) is 1. The number of aromatic nitrogens is 2. The van der Waals surface area contributed by atoms with Gasteiger partial charge in [0, 0.05) is 24.6 Å². The van der Waals surface area contributed by atoms with E-state index >= 15 is 0 Å². The van der Waals surface area contributed by atoms with E-state index in [-0.39, 0.29) is 11.0 Å². The SMILES string of the molecule is C=CCS(=O)(=O)C(CO)C1(c2cc(N3CCOCC3)nc(Cl)n2)CC1. The summed E-state index contributed by atoms with van der Waals surface area (Å²) in [6.07, 6.45) is 2.63. The molecule has 0 aromatic carbocycles. The zero-order valence-corrected chi connectivity index (χ0v) is 15.5. The Kier molecular flexibility index (Phi) is 5.34. The quantitative estimate of drug-likeness (QED) is 0.550. The number of anilines is 1. The lowest BCUT2D eigenvalue weighted by molar-refractivity contribution is 0.122. The van der Waals surface area contributed by atoms with E-state index in [0.29, 0.717) is 50.7 Å². The Morgan fingerprint density at radius 3 is 2.64 bits per heavy atom. The number of aliphatic hydroxyl groups is 1. The zero-order chi connectivity index (χ0) is 18.1. The average Bonchev–Trinajstić information content (AvgIpc) is 3.37. The number of sulfone groups is 1. The molecule has 2 heterocycles. The van der Waals surface area contributed by atoms with Crippen LogP contribution in [0.25, 0.3) is 0 Å². The van der Waals surface area contributed by atoms with Crippen LogP contribution in [0.2, 0.25) is 5.28 Å². The zero-order valence-electron chi connectivity index (χ0n) is 13.9. The second kappa shape index (κ2) is 7.19. The number of rotatable bonds is 7. The normalized spacial score (nSPS) is 21.0. The van der Waals surface area contributed by atoms with Crippen molar-refractivity contribution >= 4 is 27.3 Å². The van der Waals surface area contributed by atoms with Gasteiger partial charge in [-0.25, -0.2) is 18.4 Å². The number of hydrogen-bond acceptors (Lipinski definition) is 7. The molecule has 7 nitrogen and oxygen atoms in total. The third kappa shape index (κ3) is 3.67. The van der Waals surface area contributed by atoms with Crippen molar-refractivity contribution in [3.63, 3.8) is 0 Å².